The summed E-state index contributed by atoms with van der Waals surface area (Å²) in [5, 5.41) is 0. The Morgan fingerprint density at radius 3 is 2.77 bits per heavy atom. The Morgan fingerprint density at radius 2 is 2.15 bits per heavy atom. The van der Waals surface area contributed by atoms with Crippen LogP contribution in [-0.2, 0) is 4.79 Å². The van der Waals surface area contributed by atoms with Gasteiger partial charge in [0.1, 0.15) is 0 Å². The van der Waals surface area contributed by atoms with Gasteiger partial charge in [-0.3, -0.25) is 4.79 Å². The second-order valence-corrected chi connectivity index (χ2v) is 2.75. The van der Waals surface area contributed by atoms with Crippen LogP contribution in [0.5, 0.6) is 5.75 Å². The number of hydrogen-bond acceptors (Lipinski definition) is 2. The van der Waals surface area contributed by atoms with Crippen molar-refractivity contribution in [3.05, 3.63) is 29.8 Å². The van der Waals surface area contributed by atoms with Gasteiger partial charge in [0.15, 0.2) is 5.75 Å². The van der Waals surface area contributed by atoms with Crippen molar-refractivity contribution in [3.63, 3.8) is 0 Å². The van der Waals surface area contributed by atoms with E-state index in [-0.39, 0.29) is 5.91 Å². The fourth-order valence-electron chi connectivity index (χ4n) is 0.855. The van der Waals surface area contributed by atoms with Gasteiger partial charge in [0.05, 0.1) is 0 Å². The smallest absolute Gasteiger partial charge is 0.252 e. The fraction of sp³-hybridized carbons (Fsp3) is 0.300. The second-order valence-electron chi connectivity index (χ2n) is 2.75. The van der Waals surface area contributed by atoms with E-state index in [1.807, 2.05) is 31.2 Å². The van der Waals surface area contributed by atoms with Crippen molar-refractivity contribution in [2.75, 3.05) is 0 Å². The molecule has 0 fully saturated rings. The van der Waals surface area contributed by atoms with Crippen LogP contribution in [0.15, 0.2) is 24.3 Å². The first-order valence-corrected chi connectivity index (χ1v) is 4.25. The molecule has 0 aliphatic heterocycles. The Hall–Kier alpha value is -1.51. The number of nitrogens with one attached hydrogen (secondary N) is 1. The Morgan fingerprint density at radius 1 is 1.46 bits per heavy atom. The van der Waals surface area contributed by atoms with Crippen LogP contribution in [0.2, 0.25) is 0 Å². The molecule has 0 atom stereocenters. The molecule has 0 unspecified atom stereocenters. The van der Waals surface area contributed by atoms with Gasteiger partial charge in [-0.15, -0.1) is 0 Å². The number of benzene rings is 1. The molecule has 0 saturated heterocycles. The normalized spacial score (nSPS) is 9.38. The average Bonchev–Trinajstić information content (AvgIpc) is 2.16. The van der Waals surface area contributed by atoms with E-state index in [9.17, 15) is 4.79 Å². The maximum absolute atomic E-state index is 10.9. The second kappa shape index (κ2) is 4.50. The molecule has 0 heterocycles. The predicted molar refractivity (Wildman–Crippen MR) is 50.2 cm³/mol. The Kier molecular flexibility index (Phi) is 3.31. The highest BCUT2D eigenvalue weighted by Gasteiger charge is 2.00. The van der Waals surface area contributed by atoms with Gasteiger partial charge < -0.3 is 4.84 Å². The first kappa shape index (κ1) is 9.58. The highest BCUT2D eigenvalue weighted by atomic mass is 16.7. The van der Waals surface area contributed by atoms with Gasteiger partial charge in [0, 0.05) is 6.42 Å². The third-order valence-corrected chi connectivity index (χ3v) is 1.69. The van der Waals surface area contributed by atoms with Gasteiger partial charge in [0.25, 0.3) is 5.91 Å². The zero-order chi connectivity index (χ0) is 9.68. The highest BCUT2D eigenvalue weighted by molar-refractivity contribution is 5.74. The van der Waals surface area contributed by atoms with Crippen molar-refractivity contribution in [1.29, 1.82) is 0 Å². The average molecular weight is 179 g/mol. The topological polar surface area (TPSA) is 38.3 Å². The number of hydroxylamine groups is 1. The molecule has 0 saturated carbocycles. The van der Waals surface area contributed by atoms with Crippen molar-refractivity contribution in [2.24, 2.45) is 0 Å². The van der Waals surface area contributed by atoms with Crippen molar-refractivity contribution in [2.45, 2.75) is 20.3 Å². The minimum atomic E-state index is -0.122. The summed E-state index contributed by atoms with van der Waals surface area (Å²) >= 11 is 0. The van der Waals surface area contributed by atoms with Gasteiger partial charge in [-0.05, 0) is 18.6 Å². The van der Waals surface area contributed by atoms with Crippen LogP contribution in [0.3, 0.4) is 0 Å². The molecule has 13 heavy (non-hydrogen) atoms. The van der Waals surface area contributed by atoms with Crippen molar-refractivity contribution >= 4 is 5.91 Å². The van der Waals surface area contributed by atoms with Crippen LogP contribution in [0.4, 0.5) is 0 Å². The van der Waals surface area contributed by atoms with Gasteiger partial charge in [-0.1, -0.05) is 25.1 Å². The Bertz CT molecular complexity index is 297. The van der Waals surface area contributed by atoms with E-state index in [1.165, 1.54) is 0 Å². The summed E-state index contributed by atoms with van der Waals surface area (Å²) in [7, 11) is 0. The summed E-state index contributed by atoms with van der Waals surface area (Å²) < 4.78 is 0. The number of rotatable bonds is 3. The van der Waals surface area contributed by atoms with E-state index in [1.54, 1.807) is 6.92 Å². The third-order valence-electron chi connectivity index (χ3n) is 1.69. The quantitative estimate of drug-likeness (QED) is 0.719. The molecule has 3 nitrogen and oxygen atoms in total. The summed E-state index contributed by atoms with van der Waals surface area (Å²) in [4.78, 5) is 16.0. The summed E-state index contributed by atoms with van der Waals surface area (Å²) in [6.07, 6.45) is 0.423. The maximum atomic E-state index is 10.9. The largest absolute Gasteiger partial charge is 0.379 e. The predicted octanol–water partition coefficient (Wildman–Crippen LogP) is 1.82. The molecule has 3 heteroatoms. The van der Waals surface area contributed by atoms with E-state index >= 15 is 0 Å². The zero-order valence-electron chi connectivity index (χ0n) is 7.83. The van der Waals surface area contributed by atoms with E-state index in [4.69, 9.17) is 4.84 Å². The number of carbonyl (C=O) groups excluding carboxylic acids is 1. The number of carbonyl (C=O) groups is 1. The van der Waals surface area contributed by atoms with Gasteiger partial charge in [0.2, 0.25) is 0 Å². The Labute approximate surface area is 77.7 Å². The van der Waals surface area contributed by atoms with E-state index < -0.39 is 0 Å². The summed E-state index contributed by atoms with van der Waals surface area (Å²) in [6, 6.07) is 7.52. The molecule has 0 spiro atoms. The van der Waals surface area contributed by atoms with Gasteiger partial charge >= 0.3 is 0 Å². The first-order valence-electron chi connectivity index (χ1n) is 4.25. The lowest BCUT2D eigenvalue weighted by Gasteiger charge is -2.07. The molecule has 1 N–H and O–H groups in total. The van der Waals surface area contributed by atoms with Crippen molar-refractivity contribution < 1.29 is 9.63 Å². The van der Waals surface area contributed by atoms with Crippen LogP contribution in [0, 0.1) is 6.92 Å². The monoisotopic (exact) mass is 179 g/mol. The van der Waals surface area contributed by atoms with E-state index in [2.05, 4.69) is 5.48 Å². The molecular weight excluding hydrogens is 166 g/mol. The highest BCUT2D eigenvalue weighted by Crippen LogP contribution is 2.14. The molecule has 1 aromatic rings. The summed E-state index contributed by atoms with van der Waals surface area (Å²) in [6.45, 7) is 3.70. The molecule has 1 rings (SSSR count). The van der Waals surface area contributed by atoms with Crippen LogP contribution in [0.25, 0.3) is 0 Å². The molecule has 0 aliphatic carbocycles. The summed E-state index contributed by atoms with van der Waals surface area (Å²) in [5.41, 5.74) is 3.35. The molecule has 0 aliphatic rings. The first-order chi connectivity index (χ1) is 6.24. The van der Waals surface area contributed by atoms with E-state index in [0.717, 1.165) is 5.56 Å². The SMILES string of the molecule is CCC(=O)NOc1ccccc1C. The molecule has 0 aromatic heterocycles. The molecule has 1 amide bonds. The number of para-hydroxylation sites is 1. The molecule has 0 bridgehead atoms. The van der Waals surface area contributed by atoms with E-state index in [0.29, 0.717) is 12.2 Å². The number of aryl methyl sites for hydroxylation is 1. The van der Waals surface area contributed by atoms with Crippen molar-refractivity contribution in [3.8, 4) is 5.75 Å². The molecule has 1 aromatic carbocycles. The van der Waals surface area contributed by atoms with Crippen molar-refractivity contribution in [1.82, 2.24) is 5.48 Å². The molecule has 70 valence electrons. The maximum Gasteiger partial charge on any atom is 0.252 e. The lowest BCUT2D eigenvalue weighted by Crippen LogP contribution is -2.26. The minimum absolute atomic E-state index is 0.122. The Balaban J connectivity index is 2.54. The van der Waals surface area contributed by atoms with Crippen LogP contribution in [-0.4, -0.2) is 5.91 Å². The standard InChI is InChI=1S/C10H13NO2/c1-3-10(12)11-13-9-7-5-4-6-8(9)2/h4-7H,3H2,1-2H3,(H,11,12). The number of hydrogen-bond donors (Lipinski definition) is 1. The minimum Gasteiger partial charge on any atom is -0.379 e. The van der Waals surface area contributed by atoms with Crippen LogP contribution >= 0.6 is 0 Å². The lowest BCUT2D eigenvalue weighted by atomic mass is 10.2. The van der Waals surface area contributed by atoms with Crippen LogP contribution in [0.1, 0.15) is 18.9 Å². The fourth-order valence-corrected chi connectivity index (χ4v) is 0.855. The molecule has 0 radical (unpaired) electrons. The molecular formula is C10H13NO2. The lowest BCUT2D eigenvalue weighted by molar-refractivity contribution is -0.127. The summed E-state index contributed by atoms with van der Waals surface area (Å²) in [5.74, 6) is 0.563. The van der Waals surface area contributed by atoms with Gasteiger partial charge in [-0.2, -0.15) is 5.48 Å². The zero-order valence-corrected chi connectivity index (χ0v) is 7.83. The number of amides is 1. The van der Waals surface area contributed by atoms with Gasteiger partial charge in [-0.25, -0.2) is 0 Å². The third kappa shape index (κ3) is 2.78. The van der Waals surface area contributed by atoms with Crippen LogP contribution < -0.4 is 10.3 Å².